The molecule has 0 fully saturated rings. The summed E-state index contributed by atoms with van der Waals surface area (Å²) >= 11 is 6.13. The first-order chi connectivity index (χ1) is 12.9. The molecule has 8 nitrogen and oxygen atoms in total. The fourth-order valence-electron chi connectivity index (χ4n) is 2.44. The second kappa shape index (κ2) is 7.96. The van der Waals surface area contributed by atoms with Gasteiger partial charge in [-0.2, -0.15) is 0 Å². The van der Waals surface area contributed by atoms with Gasteiger partial charge in [0, 0.05) is 25.0 Å². The van der Waals surface area contributed by atoms with E-state index >= 15 is 0 Å². The number of aromatic nitrogens is 4. The fourth-order valence-corrected chi connectivity index (χ4v) is 2.65. The van der Waals surface area contributed by atoms with Gasteiger partial charge in [0.1, 0.15) is 0 Å². The highest BCUT2D eigenvalue weighted by atomic mass is 35.5. The van der Waals surface area contributed by atoms with Crippen molar-refractivity contribution in [1.29, 1.82) is 0 Å². The molecule has 27 heavy (non-hydrogen) atoms. The quantitative estimate of drug-likeness (QED) is 0.704. The minimum Gasteiger partial charge on any atom is -0.326 e. The van der Waals surface area contributed by atoms with Crippen LogP contribution in [0, 0.1) is 6.92 Å². The van der Waals surface area contributed by atoms with Gasteiger partial charge >= 0.3 is 0 Å². The molecule has 2 aromatic heterocycles. The van der Waals surface area contributed by atoms with Crippen molar-refractivity contribution in [3.05, 3.63) is 64.6 Å². The van der Waals surface area contributed by atoms with E-state index in [0.29, 0.717) is 23.7 Å². The van der Waals surface area contributed by atoms with Crippen LogP contribution in [0.1, 0.15) is 28.5 Å². The van der Waals surface area contributed by atoms with E-state index in [1.807, 2.05) is 19.1 Å². The Labute approximate surface area is 160 Å². The summed E-state index contributed by atoms with van der Waals surface area (Å²) in [6, 6.07) is 8.45. The molecule has 0 radical (unpaired) electrons. The molecule has 2 heterocycles. The normalized spacial score (nSPS) is 10.5. The van der Waals surface area contributed by atoms with E-state index in [1.165, 1.54) is 13.0 Å². The molecule has 0 saturated carbocycles. The van der Waals surface area contributed by atoms with Crippen LogP contribution in [0.3, 0.4) is 0 Å². The molecule has 0 aliphatic rings. The van der Waals surface area contributed by atoms with Crippen molar-refractivity contribution in [3.63, 3.8) is 0 Å². The van der Waals surface area contributed by atoms with Crippen molar-refractivity contribution >= 4 is 34.9 Å². The second-order valence-corrected chi connectivity index (χ2v) is 6.27. The molecule has 0 aliphatic heterocycles. The first kappa shape index (κ1) is 18.5. The molecule has 0 unspecified atom stereocenters. The molecule has 0 saturated heterocycles. The predicted octanol–water partition coefficient (Wildman–Crippen LogP) is 2.89. The molecule has 138 valence electrons. The number of hydrogen-bond donors (Lipinski definition) is 2. The number of amides is 2. The highest BCUT2D eigenvalue weighted by Crippen LogP contribution is 2.22. The lowest BCUT2D eigenvalue weighted by Crippen LogP contribution is -2.15. The Hall–Kier alpha value is -3.26. The van der Waals surface area contributed by atoms with Crippen LogP contribution in [-0.2, 0) is 11.3 Å². The highest BCUT2D eigenvalue weighted by Gasteiger charge is 2.16. The summed E-state index contributed by atoms with van der Waals surface area (Å²) in [5.41, 5.74) is 2.43. The maximum Gasteiger partial charge on any atom is 0.258 e. The van der Waals surface area contributed by atoms with Gasteiger partial charge in [-0.1, -0.05) is 16.8 Å². The number of nitrogens with one attached hydrogen (secondary N) is 2. The average Bonchev–Trinajstić information content (AvgIpc) is 2.97. The molecule has 2 N–H and O–H groups in total. The van der Waals surface area contributed by atoms with Crippen molar-refractivity contribution in [2.75, 3.05) is 10.6 Å². The number of benzene rings is 1. The first-order valence-electron chi connectivity index (χ1n) is 8.11. The Kier molecular flexibility index (Phi) is 5.46. The number of carbonyl (C=O) groups excluding carboxylic acids is 2. The van der Waals surface area contributed by atoms with Crippen LogP contribution >= 0.6 is 11.6 Å². The minimum absolute atomic E-state index is 0.228. The third-order valence-electron chi connectivity index (χ3n) is 3.83. The number of pyridine rings is 1. The summed E-state index contributed by atoms with van der Waals surface area (Å²) < 4.78 is 1.68. The van der Waals surface area contributed by atoms with Crippen molar-refractivity contribution < 1.29 is 9.59 Å². The van der Waals surface area contributed by atoms with Gasteiger partial charge in [0.25, 0.3) is 5.91 Å². The van der Waals surface area contributed by atoms with E-state index in [9.17, 15) is 9.59 Å². The van der Waals surface area contributed by atoms with Crippen LogP contribution in [0.5, 0.6) is 0 Å². The lowest BCUT2D eigenvalue weighted by Gasteiger charge is -2.08. The Balaban J connectivity index is 1.78. The standard InChI is InChI=1S/C18H17ClN6O2/c1-11-17(23-24-25(11)10-13-5-7-20-8-6-13)22-18(27)15-9-14(21-12(2)26)3-4-16(15)19/h3-9H,10H2,1-2H3,(H,21,26)(H,22,27). The van der Waals surface area contributed by atoms with Crippen molar-refractivity contribution in [2.24, 2.45) is 0 Å². The predicted molar refractivity (Wildman–Crippen MR) is 102 cm³/mol. The van der Waals surface area contributed by atoms with Crippen LogP contribution in [0.15, 0.2) is 42.7 Å². The summed E-state index contributed by atoms with van der Waals surface area (Å²) in [5, 5.41) is 13.7. The van der Waals surface area contributed by atoms with Crippen molar-refractivity contribution in [3.8, 4) is 0 Å². The lowest BCUT2D eigenvalue weighted by atomic mass is 10.2. The monoisotopic (exact) mass is 384 g/mol. The Bertz CT molecular complexity index is 987. The zero-order valence-electron chi connectivity index (χ0n) is 14.7. The molecule has 0 aliphatic carbocycles. The maximum atomic E-state index is 12.6. The largest absolute Gasteiger partial charge is 0.326 e. The van der Waals surface area contributed by atoms with Crippen LogP contribution in [-0.4, -0.2) is 31.8 Å². The molecule has 9 heteroatoms. The summed E-state index contributed by atoms with van der Waals surface area (Å²) in [7, 11) is 0. The maximum absolute atomic E-state index is 12.6. The third-order valence-corrected chi connectivity index (χ3v) is 4.16. The van der Waals surface area contributed by atoms with E-state index in [1.54, 1.807) is 29.2 Å². The molecule has 0 spiro atoms. The van der Waals surface area contributed by atoms with Gasteiger partial charge in [0.05, 0.1) is 22.8 Å². The summed E-state index contributed by atoms with van der Waals surface area (Å²) in [6.45, 7) is 3.71. The summed E-state index contributed by atoms with van der Waals surface area (Å²) in [6.07, 6.45) is 3.41. The average molecular weight is 385 g/mol. The van der Waals surface area contributed by atoms with E-state index < -0.39 is 5.91 Å². The minimum atomic E-state index is -0.439. The highest BCUT2D eigenvalue weighted by molar-refractivity contribution is 6.34. The van der Waals surface area contributed by atoms with E-state index in [-0.39, 0.29) is 16.5 Å². The van der Waals surface area contributed by atoms with E-state index in [2.05, 4.69) is 25.9 Å². The molecular formula is C18H17ClN6O2. The smallest absolute Gasteiger partial charge is 0.258 e. The van der Waals surface area contributed by atoms with Gasteiger partial charge in [-0.25, -0.2) is 4.68 Å². The number of halogens is 1. The SMILES string of the molecule is CC(=O)Nc1ccc(Cl)c(C(=O)Nc2nnn(Cc3ccncc3)c2C)c1. The van der Waals surface area contributed by atoms with Gasteiger partial charge in [0.2, 0.25) is 5.91 Å². The van der Waals surface area contributed by atoms with Gasteiger partial charge in [-0.15, -0.1) is 5.10 Å². The van der Waals surface area contributed by atoms with Crippen LogP contribution < -0.4 is 10.6 Å². The topological polar surface area (TPSA) is 102 Å². The van der Waals surface area contributed by atoms with Crippen molar-refractivity contribution in [2.45, 2.75) is 20.4 Å². The van der Waals surface area contributed by atoms with E-state index in [4.69, 9.17) is 11.6 Å². The second-order valence-electron chi connectivity index (χ2n) is 5.87. The van der Waals surface area contributed by atoms with Crippen LogP contribution in [0.4, 0.5) is 11.5 Å². The number of nitrogens with zero attached hydrogens (tertiary/aromatic N) is 4. The first-order valence-corrected chi connectivity index (χ1v) is 8.49. The molecule has 3 aromatic rings. The number of hydrogen-bond acceptors (Lipinski definition) is 5. The number of carbonyl (C=O) groups is 2. The third kappa shape index (κ3) is 4.48. The molecule has 1 aromatic carbocycles. The molecule has 0 atom stereocenters. The van der Waals surface area contributed by atoms with Crippen molar-refractivity contribution in [1.82, 2.24) is 20.0 Å². The molecular weight excluding hydrogens is 368 g/mol. The number of anilines is 2. The Morgan fingerprint density at radius 3 is 2.59 bits per heavy atom. The molecule has 0 bridgehead atoms. The van der Waals surface area contributed by atoms with Gasteiger partial charge in [-0.3, -0.25) is 14.6 Å². The fraction of sp³-hybridized carbons (Fsp3) is 0.167. The zero-order chi connectivity index (χ0) is 19.4. The number of rotatable bonds is 5. The van der Waals surface area contributed by atoms with Gasteiger partial charge < -0.3 is 10.6 Å². The van der Waals surface area contributed by atoms with Crippen LogP contribution in [0.2, 0.25) is 5.02 Å². The van der Waals surface area contributed by atoms with Gasteiger partial charge in [-0.05, 0) is 42.8 Å². The van der Waals surface area contributed by atoms with E-state index in [0.717, 1.165) is 5.56 Å². The lowest BCUT2D eigenvalue weighted by molar-refractivity contribution is -0.114. The molecule has 2 amide bonds. The van der Waals surface area contributed by atoms with Gasteiger partial charge in [0.15, 0.2) is 5.82 Å². The molecule has 3 rings (SSSR count). The Morgan fingerprint density at radius 1 is 1.15 bits per heavy atom. The Morgan fingerprint density at radius 2 is 1.89 bits per heavy atom. The zero-order valence-corrected chi connectivity index (χ0v) is 15.5. The summed E-state index contributed by atoms with van der Waals surface area (Å²) in [4.78, 5) is 27.8. The summed E-state index contributed by atoms with van der Waals surface area (Å²) in [5.74, 6) is -0.333. The van der Waals surface area contributed by atoms with Crippen LogP contribution in [0.25, 0.3) is 0 Å².